The number of hydrogen-bond donors (Lipinski definition) is 0. The van der Waals surface area contributed by atoms with Crippen molar-refractivity contribution in [3.05, 3.63) is 63.9 Å². The van der Waals surface area contributed by atoms with E-state index in [0.717, 1.165) is 9.64 Å². The van der Waals surface area contributed by atoms with Crippen LogP contribution in [0.4, 0.5) is 13.2 Å². The highest BCUT2D eigenvalue weighted by atomic mass is 127. The summed E-state index contributed by atoms with van der Waals surface area (Å²) in [5, 5.41) is 3.75. The molecule has 3 rings (SSSR count). The summed E-state index contributed by atoms with van der Waals surface area (Å²) in [4.78, 5) is 0. The Bertz CT molecular complexity index is 840. The Morgan fingerprint density at radius 2 is 1.62 bits per heavy atom. The van der Waals surface area contributed by atoms with Crippen LogP contribution in [0.15, 0.2) is 54.6 Å². The van der Waals surface area contributed by atoms with Gasteiger partial charge < -0.3 is 4.74 Å². The molecule has 0 aliphatic rings. The number of ether oxygens (including phenoxy) is 1. The molecule has 1 aromatic heterocycles. The molecule has 0 saturated carbocycles. The highest BCUT2D eigenvalue weighted by Gasteiger charge is 2.35. The van der Waals surface area contributed by atoms with E-state index in [9.17, 15) is 13.2 Å². The number of aromatic nitrogens is 2. The molecular formula is C17H12F3IN2O. The lowest BCUT2D eigenvalue weighted by Crippen LogP contribution is -2.07. The summed E-state index contributed by atoms with van der Waals surface area (Å²) < 4.78 is 46.7. The van der Waals surface area contributed by atoms with Gasteiger partial charge in [-0.25, -0.2) is 4.68 Å². The standard InChI is InChI=1S/C17H12F3IN2O/c1-24-14-8-6-13(7-9-14)23-15(10-16(22-23)17(18,19)20)11-2-4-12(21)5-3-11/h2-10H,1H3. The van der Waals surface area contributed by atoms with E-state index in [0.29, 0.717) is 22.7 Å². The first-order chi connectivity index (χ1) is 11.4. The van der Waals surface area contributed by atoms with Gasteiger partial charge in [0, 0.05) is 9.13 Å². The second kappa shape index (κ2) is 6.46. The maximum Gasteiger partial charge on any atom is 0.435 e. The molecule has 0 atom stereocenters. The zero-order valence-corrected chi connectivity index (χ0v) is 14.7. The van der Waals surface area contributed by atoms with Gasteiger partial charge in [-0.15, -0.1) is 0 Å². The summed E-state index contributed by atoms with van der Waals surface area (Å²) in [6, 6.07) is 15.0. The molecule has 0 unspecified atom stereocenters. The van der Waals surface area contributed by atoms with E-state index in [1.165, 1.54) is 11.8 Å². The van der Waals surface area contributed by atoms with Crippen LogP contribution < -0.4 is 4.74 Å². The fourth-order valence-corrected chi connectivity index (χ4v) is 2.63. The van der Waals surface area contributed by atoms with E-state index in [2.05, 4.69) is 27.7 Å². The van der Waals surface area contributed by atoms with Gasteiger partial charge in [0.25, 0.3) is 0 Å². The minimum atomic E-state index is -4.50. The molecule has 0 N–H and O–H groups in total. The molecule has 0 amide bonds. The topological polar surface area (TPSA) is 27.1 Å². The van der Waals surface area contributed by atoms with Crippen LogP contribution in [-0.2, 0) is 6.18 Å². The van der Waals surface area contributed by atoms with Crippen molar-refractivity contribution in [1.29, 1.82) is 0 Å². The number of hydrogen-bond acceptors (Lipinski definition) is 2. The number of alkyl halides is 3. The third kappa shape index (κ3) is 3.40. The summed E-state index contributed by atoms with van der Waals surface area (Å²) in [7, 11) is 1.53. The number of halogens is 4. The van der Waals surface area contributed by atoms with Crippen molar-refractivity contribution in [3.8, 4) is 22.7 Å². The first kappa shape index (κ1) is 16.8. The number of methoxy groups -OCH3 is 1. The van der Waals surface area contributed by atoms with Gasteiger partial charge in [-0.05, 0) is 65.1 Å². The zero-order chi connectivity index (χ0) is 17.3. The molecule has 0 bridgehead atoms. The van der Waals surface area contributed by atoms with Crippen molar-refractivity contribution < 1.29 is 17.9 Å². The van der Waals surface area contributed by atoms with E-state index >= 15 is 0 Å². The molecule has 0 spiro atoms. The van der Waals surface area contributed by atoms with E-state index in [4.69, 9.17) is 4.74 Å². The molecule has 24 heavy (non-hydrogen) atoms. The van der Waals surface area contributed by atoms with Gasteiger partial charge in [-0.1, -0.05) is 12.1 Å². The van der Waals surface area contributed by atoms with E-state index < -0.39 is 11.9 Å². The molecule has 124 valence electrons. The third-order valence-corrected chi connectivity index (χ3v) is 4.18. The highest BCUT2D eigenvalue weighted by Crippen LogP contribution is 2.33. The Labute approximate surface area is 150 Å². The summed E-state index contributed by atoms with van der Waals surface area (Å²) >= 11 is 2.15. The van der Waals surface area contributed by atoms with Crippen molar-refractivity contribution >= 4 is 22.6 Å². The zero-order valence-electron chi connectivity index (χ0n) is 12.5. The second-order valence-electron chi connectivity index (χ2n) is 5.03. The smallest absolute Gasteiger partial charge is 0.435 e. The van der Waals surface area contributed by atoms with Crippen LogP contribution in [0.3, 0.4) is 0 Å². The maximum absolute atomic E-state index is 13.1. The molecule has 1 heterocycles. The summed E-state index contributed by atoms with van der Waals surface area (Å²) in [6.07, 6.45) is -4.50. The summed E-state index contributed by atoms with van der Waals surface area (Å²) in [6.45, 7) is 0. The molecule has 3 nitrogen and oxygen atoms in total. The van der Waals surface area contributed by atoms with Crippen molar-refractivity contribution in [2.75, 3.05) is 7.11 Å². The predicted octanol–water partition coefficient (Wildman–Crippen LogP) is 5.17. The van der Waals surface area contributed by atoms with E-state index in [1.54, 1.807) is 36.4 Å². The number of rotatable bonds is 3. The first-order valence-corrected chi connectivity index (χ1v) is 8.04. The van der Waals surface area contributed by atoms with E-state index in [1.807, 2.05) is 12.1 Å². The molecule has 0 aliphatic carbocycles. The Hall–Kier alpha value is -2.03. The predicted molar refractivity (Wildman–Crippen MR) is 93.3 cm³/mol. The minimum absolute atomic E-state index is 0.379. The fourth-order valence-electron chi connectivity index (χ4n) is 2.27. The molecule has 0 fully saturated rings. The largest absolute Gasteiger partial charge is 0.497 e. The van der Waals surface area contributed by atoms with Crippen LogP contribution >= 0.6 is 22.6 Å². The van der Waals surface area contributed by atoms with Gasteiger partial charge in [0.2, 0.25) is 0 Å². The Kier molecular flexibility index (Phi) is 4.53. The van der Waals surface area contributed by atoms with Gasteiger partial charge in [0.15, 0.2) is 5.69 Å². The van der Waals surface area contributed by atoms with Crippen LogP contribution in [0, 0.1) is 3.57 Å². The molecule has 3 aromatic rings. The lowest BCUT2D eigenvalue weighted by molar-refractivity contribution is -0.141. The molecule has 0 aliphatic heterocycles. The molecule has 7 heteroatoms. The van der Waals surface area contributed by atoms with Crippen molar-refractivity contribution in [2.45, 2.75) is 6.18 Å². The lowest BCUT2D eigenvalue weighted by Gasteiger charge is -2.08. The number of nitrogens with zero attached hydrogens (tertiary/aromatic N) is 2. The third-order valence-electron chi connectivity index (χ3n) is 3.46. The fraction of sp³-hybridized carbons (Fsp3) is 0.118. The molecule has 0 radical (unpaired) electrons. The van der Waals surface area contributed by atoms with Gasteiger partial charge in [0.1, 0.15) is 5.75 Å². The van der Waals surface area contributed by atoms with Crippen molar-refractivity contribution in [3.63, 3.8) is 0 Å². The molecule has 2 aromatic carbocycles. The summed E-state index contributed by atoms with van der Waals surface area (Å²) in [5.41, 5.74) is 0.643. The van der Waals surface area contributed by atoms with Crippen molar-refractivity contribution in [1.82, 2.24) is 9.78 Å². The SMILES string of the molecule is COc1ccc(-n2nc(C(F)(F)F)cc2-c2ccc(I)cc2)cc1. The Balaban J connectivity index is 2.15. The normalized spacial score (nSPS) is 11.5. The Morgan fingerprint density at radius 1 is 1.00 bits per heavy atom. The minimum Gasteiger partial charge on any atom is -0.497 e. The highest BCUT2D eigenvalue weighted by molar-refractivity contribution is 14.1. The van der Waals surface area contributed by atoms with Crippen LogP contribution in [0.2, 0.25) is 0 Å². The lowest BCUT2D eigenvalue weighted by atomic mass is 10.1. The van der Waals surface area contributed by atoms with Gasteiger partial charge in [-0.2, -0.15) is 18.3 Å². The Morgan fingerprint density at radius 3 is 2.17 bits per heavy atom. The molecular weight excluding hydrogens is 432 g/mol. The average Bonchev–Trinajstić information content (AvgIpc) is 3.01. The first-order valence-electron chi connectivity index (χ1n) is 6.96. The summed E-state index contributed by atoms with van der Waals surface area (Å²) in [5.74, 6) is 0.623. The van der Waals surface area contributed by atoms with Crippen LogP contribution in [0.1, 0.15) is 5.69 Å². The molecule has 0 saturated heterocycles. The quantitative estimate of drug-likeness (QED) is 0.522. The average molecular weight is 444 g/mol. The van der Waals surface area contributed by atoms with Crippen molar-refractivity contribution in [2.24, 2.45) is 0 Å². The van der Waals surface area contributed by atoms with Gasteiger partial charge in [0.05, 0.1) is 18.5 Å². The second-order valence-corrected chi connectivity index (χ2v) is 6.27. The van der Waals surface area contributed by atoms with Crippen LogP contribution in [0.5, 0.6) is 5.75 Å². The monoisotopic (exact) mass is 444 g/mol. The van der Waals surface area contributed by atoms with Crippen LogP contribution in [-0.4, -0.2) is 16.9 Å². The number of benzene rings is 2. The van der Waals surface area contributed by atoms with Gasteiger partial charge in [-0.3, -0.25) is 0 Å². The van der Waals surface area contributed by atoms with Crippen LogP contribution in [0.25, 0.3) is 16.9 Å². The van der Waals surface area contributed by atoms with E-state index in [-0.39, 0.29) is 0 Å². The maximum atomic E-state index is 13.1. The van der Waals surface area contributed by atoms with Gasteiger partial charge >= 0.3 is 6.18 Å².